The van der Waals surface area contributed by atoms with Crippen LogP contribution in [-0.4, -0.2) is 40.1 Å². The monoisotopic (exact) mass is 506 g/mol. The van der Waals surface area contributed by atoms with Crippen LogP contribution in [0, 0.1) is 0 Å². The number of sulfonamides is 1. The van der Waals surface area contributed by atoms with Crippen molar-refractivity contribution in [1.29, 1.82) is 0 Å². The van der Waals surface area contributed by atoms with Gasteiger partial charge in [-0.15, -0.1) is 35.3 Å². The molecule has 0 aliphatic heterocycles. The van der Waals surface area contributed by atoms with Gasteiger partial charge in [-0.25, -0.2) is 13.1 Å². The van der Waals surface area contributed by atoms with E-state index in [-0.39, 0.29) is 34.7 Å². The van der Waals surface area contributed by atoms with Crippen LogP contribution in [0.3, 0.4) is 0 Å². The molecule has 0 aromatic carbocycles. The largest absolute Gasteiger partial charge is 0.357 e. The maximum atomic E-state index is 12.1. The first kappa shape index (κ1) is 21.9. The van der Waals surface area contributed by atoms with Crippen molar-refractivity contribution in [2.75, 3.05) is 19.6 Å². The summed E-state index contributed by atoms with van der Waals surface area (Å²) in [4.78, 5) is 4.42. The molecular weight excluding hydrogens is 483 g/mol. The molecule has 6 nitrogen and oxygen atoms in total. The van der Waals surface area contributed by atoms with Crippen molar-refractivity contribution in [3.63, 3.8) is 0 Å². The Balaban J connectivity index is 0.00000288. The standard InChI is InChI=1S/C14H23ClN4O2S2.HI/c1-2-16-14(19-11-5-3-4-6-11)17-9-10-18-23(20,21)13-8-7-12(15)22-13;/h7-8,11,18H,2-6,9-10H2,1H3,(H2,16,17,19);1H. The summed E-state index contributed by atoms with van der Waals surface area (Å²) < 4.78 is 27.3. The average molecular weight is 507 g/mol. The maximum absolute atomic E-state index is 12.1. The quantitative estimate of drug-likeness (QED) is 0.230. The van der Waals surface area contributed by atoms with Gasteiger partial charge in [0.2, 0.25) is 10.0 Å². The molecule has 0 radical (unpaired) electrons. The van der Waals surface area contributed by atoms with E-state index in [2.05, 4.69) is 20.3 Å². The summed E-state index contributed by atoms with van der Waals surface area (Å²) in [6, 6.07) is 3.55. The van der Waals surface area contributed by atoms with E-state index in [1.165, 1.54) is 18.9 Å². The highest BCUT2D eigenvalue weighted by molar-refractivity contribution is 14.0. The Kier molecular flexibility index (Phi) is 9.87. The van der Waals surface area contributed by atoms with Crippen molar-refractivity contribution >= 4 is 62.9 Å². The van der Waals surface area contributed by atoms with Crippen LogP contribution < -0.4 is 15.4 Å². The van der Waals surface area contributed by atoms with Crippen LogP contribution in [0.15, 0.2) is 21.3 Å². The first-order chi connectivity index (χ1) is 11.0. The third-order valence-electron chi connectivity index (χ3n) is 3.53. The van der Waals surface area contributed by atoms with Crippen molar-refractivity contribution in [3.8, 4) is 0 Å². The van der Waals surface area contributed by atoms with Gasteiger partial charge >= 0.3 is 0 Å². The molecule has 138 valence electrons. The van der Waals surface area contributed by atoms with Crippen LogP contribution in [-0.2, 0) is 10.0 Å². The van der Waals surface area contributed by atoms with Gasteiger partial charge in [0.15, 0.2) is 5.96 Å². The number of guanidine groups is 1. The van der Waals surface area contributed by atoms with Gasteiger partial charge in [-0.1, -0.05) is 24.4 Å². The second kappa shape index (κ2) is 10.8. The number of aliphatic imine (C=N–C) groups is 1. The van der Waals surface area contributed by atoms with E-state index in [0.29, 0.717) is 16.9 Å². The van der Waals surface area contributed by atoms with Gasteiger partial charge in [0.1, 0.15) is 4.21 Å². The molecule has 10 heteroatoms. The van der Waals surface area contributed by atoms with Gasteiger partial charge in [-0.05, 0) is 31.9 Å². The molecular formula is C14H24ClIN4O2S2. The molecule has 0 amide bonds. The molecule has 1 aliphatic carbocycles. The molecule has 24 heavy (non-hydrogen) atoms. The van der Waals surface area contributed by atoms with Crippen LogP contribution in [0.5, 0.6) is 0 Å². The number of nitrogens with one attached hydrogen (secondary N) is 3. The summed E-state index contributed by atoms with van der Waals surface area (Å²) in [5, 5.41) is 6.58. The highest BCUT2D eigenvalue weighted by Crippen LogP contribution is 2.25. The number of rotatable bonds is 7. The summed E-state index contributed by atoms with van der Waals surface area (Å²) in [6.45, 7) is 3.41. The zero-order valence-corrected chi connectivity index (χ0v) is 18.3. The number of hydrogen-bond acceptors (Lipinski definition) is 4. The second-order valence-electron chi connectivity index (χ2n) is 5.34. The van der Waals surface area contributed by atoms with Crippen molar-refractivity contribution in [2.45, 2.75) is 42.9 Å². The molecule has 0 bridgehead atoms. The molecule has 0 unspecified atom stereocenters. The lowest BCUT2D eigenvalue weighted by atomic mass is 10.2. The first-order valence-corrected chi connectivity index (χ1v) is 10.5. The van der Waals surface area contributed by atoms with Crippen molar-refractivity contribution in [2.24, 2.45) is 4.99 Å². The Morgan fingerprint density at radius 3 is 2.67 bits per heavy atom. The molecule has 3 N–H and O–H groups in total. The molecule has 0 saturated heterocycles. The fourth-order valence-corrected chi connectivity index (χ4v) is 4.99. The van der Waals surface area contributed by atoms with Crippen LogP contribution >= 0.6 is 46.9 Å². The lowest BCUT2D eigenvalue weighted by Crippen LogP contribution is -2.42. The summed E-state index contributed by atoms with van der Waals surface area (Å²) in [5.74, 6) is 0.748. The van der Waals surface area contributed by atoms with E-state index in [1.54, 1.807) is 6.07 Å². The summed E-state index contributed by atoms with van der Waals surface area (Å²) >= 11 is 6.82. The van der Waals surface area contributed by atoms with Crippen molar-refractivity contribution in [3.05, 3.63) is 16.5 Å². The van der Waals surface area contributed by atoms with Gasteiger partial charge in [-0.3, -0.25) is 4.99 Å². The Morgan fingerprint density at radius 2 is 2.08 bits per heavy atom. The molecule has 1 heterocycles. The van der Waals surface area contributed by atoms with Gasteiger partial charge in [0.25, 0.3) is 0 Å². The summed E-state index contributed by atoms with van der Waals surface area (Å²) in [7, 11) is -3.50. The zero-order chi connectivity index (χ0) is 16.7. The number of halogens is 2. The number of thiophene rings is 1. The first-order valence-electron chi connectivity index (χ1n) is 7.81. The molecule has 1 aromatic heterocycles. The van der Waals surface area contributed by atoms with E-state index in [0.717, 1.165) is 36.7 Å². The summed E-state index contributed by atoms with van der Waals surface area (Å²) in [5.41, 5.74) is 0. The van der Waals surface area contributed by atoms with Gasteiger partial charge in [-0.2, -0.15) is 0 Å². The van der Waals surface area contributed by atoms with Crippen LogP contribution in [0.25, 0.3) is 0 Å². The topological polar surface area (TPSA) is 82.6 Å². The normalized spacial score (nSPS) is 16.0. The fraction of sp³-hybridized carbons (Fsp3) is 0.643. The minimum absolute atomic E-state index is 0. The van der Waals surface area contributed by atoms with E-state index in [4.69, 9.17) is 11.6 Å². The molecule has 1 aromatic rings. The average Bonchev–Trinajstić information content (AvgIpc) is 3.15. The van der Waals surface area contributed by atoms with E-state index < -0.39 is 10.0 Å². The van der Waals surface area contributed by atoms with Crippen molar-refractivity contribution in [1.82, 2.24) is 15.4 Å². The molecule has 1 fully saturated rings. The zero-order valence-electron chi connectivity index (χ0n) is 13.5. The van der Waals surface area contributed by atoms with E-state index >= 15 is 0 Å². The SMILES string of the molecule is CCNC(=NCCNS(=O)(=O)c1ccc(Cl)s1)NC1CCCC1.I. The fourth-order valence-electron chi connectivity index (χ4n) is 2.44. The summed E-state index contributed by atoms with van der Waals surface area (Å²) in [6.07, 6.45) is 4.83. The smallest absolute Gasteiger partial charge is 0.250 e. The minimum Gasteiger partial charge on any atom is -0.357 e. The molecule has 0 spiro atoms. The number of nitrogens with zero attached hydrogens (tertiary/aromatic N) is 1. The molecule has 0 atom stereocenters. The Labute approximate surface area is 169 Å². The van der Waals surface area contributed by atoms with Crippen LogP contribution in [0.2, 0.25) is 4.34 Å². The Hall–Kier alpha value is -0.100. The van der Waals surface area contributed by atoms with Crippen molar-refractivity contribution < 1.29 is 8.42 Å². The van der Waals surface area contributed by atoms with Gasteiger partial charge in [0, 0.05) is 19.1 Å². The number of hydrogen-bond donors (Lipinski definition) is 3. The Morgan fingerprint density at radius 1 is 1.38 bits per heavy atom. The molecule has 2 rings (SSSR count). The molecule has 1 aliphatic rings. The van der Waals surface area contributed by atoms with E-state index in [1.807, 2.05) is 6.92 Å². The lowest BCUT2D eigenvalue weighted by molar-refractivity contribution is 0.583. The van der Waals surface area contributed by atoms with E-state index in [9.17, 15) is 8.42 Å². The van der Waals surface area contributed by atoms with Crippen LogP contribution in [0.1, 0.15) is 32.6 Å². The van der Waals surface area contributed by atoms with Gasteiger partial charge in [0.05, 0.1) is 10.9 Å². The Bertz CT molecular complexity index is 630. The predicted molar refractivity (Wildman–Crippen MR) is 111 cm³/mol. The minimum atomic E-state index is -3.50. The van der Waals surface area contributed by atoms with Crippen LogP contribution in [0.4, 0.5) is 0 Å². The third kappa shape index (κ3) is 7.03. The predicted octanol–water partition coefficient (Wildman–Crippen LogP) is 2.80. The highest BCUT2D eigenvalue weighted by Gasteiger charge is 2.17. The maximum Gasteiger partial charge on any atom is 0.250 e. The highest BCUT2D eigenvalue weighted by atomic mass is 127. The second-order valence-corrected chi connectivity index (χ2v) is 9.05. The third-order valence-corrected chi connectivity index (χ3v) is 6.71. The lowest BCUT2D eigenvalue weighted by Gasteiger charge is -2.16. The molecule has 1 saturated carbocycles. The van der Waals surface area contributed by atoms with Gasteiger partial charge < -0.3 is 10.6 Å².